The summed E-state index contributed by atoms with van der Waals surface area (Å²) in [6.07, 6.45) is 0. The summed E-state index contributed by atoms with van der Waals surface area (Å²) >= 11 is -0.0113. The second-order valence-corrected chi connectivity index (χ2v) is 4.29. The molecule has 1 heterocycles. The molecule has 1 aromatic heterocycles. The number of hydrogen-bond acceptors (Lipinski definition) is 3. The molecule has 0 N–H and O–H groups in total. The summed E-state index contributed by atoms with van der Waals surface area (Å²) in [5.41, 5.74) is 0. The Morgan fingerprint density at radius 2 is 2.20 bits per heavy atom. The molecular weight excluding hydrogens is 243 g/mol. The van der Waals surface area contributed by atoms with Gasteiger partial charge in [-0.25, -0.2) is 0 Å². The van der Waals surface area contributed by atoms with Gasteiger partial charge in [-0.05, 0) is 0 Å². The fraction of sp³-hybridized carbons (Fsp3) is 0.667. The van der Waals surface area contributed by atoms with Gasteiger partial charge >= 0.3 is 70.3 Å². The molecule has 0 aliphatic rings. The van der Waals surface area contributed by atoms with Crippen molar-refractivity contribution in [3.63, 3.8) is 0 Å². The zero-order valence-corrected chi connectivity index (χ0v) is 8.42. The van der Waals surface area contributed by atoms with E-state index in [0.717, 1.165) is 9.72 Å². The first kappa shape index (κ1) is 7.97. The van der Waals surface area contributed by atoms with E-state index >= 15 is 0 Å². The quantitative estimate of drug-likeness (QED) is 0.455. The van der Waals surface area contributed by atoms with Crippen LogP contribution in [0.2, 0.25) is 0 Å². The van der Waals surface area contributed by atoms with Gasteiger partial charge in [-0.2, -0.15) is 0 Å². The molecule has 58 valence electrons. The molecule has 0 bridgehead atoms. The molecule has 10 heavy (non-hydrogen) atoms. The van der Waals surface area contributed by atoms with Gasteiger partial charge in [0.2, 0.25) is 0 Å². The summed E-state index contributed by atoms with van der Waals surface area (Å²) in [5, 5.41) is 3.82. The van der Waals surface area contributed by atoms with Crippen molar-refractivity contribution in [3.05, 3.63) is 9.72 Å². The predicted octanol–water partition coefficient (Wildman–Crippen LogP) is -1.92. The van der Waals surface area contributed by atoms with E-state index in [0.29, 0.717) is 5.92 Å². The molecule has 0 spiro atoms. The monoisotopic (exact) mass is 253 g/mol. The summed E-state index contributed by atoms with van der Waals surface area (Å²) in [6.45, 7) is 4.09. The van der Waals surface area contributed by atoms with Gasteiger partial charge in [0.15, 0.2) is 0 Å². The van der Waals surface area contributed by atoms with Crippen LogP contribution in [0.5, 0.6) is 0 Å². The topological polar surface area (TPSA) is 38.9 Å². The zero-order chi connectivity index (χ0) is 7.56. The Morgan fingerprint density at radius 3 is 2.50 bits per heavy atom. The number of alkyl halides is 1. The minimum atomic E-state index is -0.0113. The van der Waals surface area contributed by atoms with E-state index in [2.05, 4.69) is 15.1 Å². The third kappa shape index (κ3) is 1.68. The van der Waals surface area contributed by atoms with Crippen LogP contribution in [-0.2, 0) is 0 Å². The van der Waals surface area contributed by atoms with Gasteiger partial charge in [0.25, 0.3) is 0 Å². The molecule has 4 heteroatoms. The van der Waals surface area contributed by atoms with Crippen LogP contribution < -0.4 is 21.2 Å². The van der Waals surface area contributed by atoms with E-state index in [9.17, 15) is 0 Å². The molecule has 0 radical (unpaired) electrons. The summed E-state index contributed by atoms with van der Waals surface area (Å²) in [4.78, 5) is 6.32. The van der Waals surface area contributed by atoms with Crippen LogP contribution in [0, 0.1) is 3.83 Å². The number of aromatic nitrogens is 2. The van der Waals surface area contributed by atoms with Gasteiger partial charge in [0, 0.05) is 0 Å². The predicted molar refractivity (Wildman–Crippen MR) is 33.0 cm³/mol. The van der Waals surface area contributed by atoms with E-state index in [1.54, 1.807) is 0 Å². The number of hydrogen-bond donors (Lipinski definition) is 0. The summed E-state index contributed by atoms with van der Waals surface area (Å²) in [5.74, 6) is 1.12. The van der Waals surface area contributed by atoms with Gasteiger partial charge in [0.1, 0.15) is 0 Å². The van der Waals surface area contributed by atoms with E-state index in [4.69, 9.17) is 4.52 Å². The fourth-order valence-electron chi connectivity index (χ4n) is 0.527. The molecule has 0 aliphatic heterocycles. The van der Waals surface area contributed by atoms with Gasteiger partial charge in [-0.3, -0.25) is 0 Å². The number of rotatable bonds is 2. The van der Waals surface area contributed by atoms with Crippen molar-refractivity contribution in [1.29, 1.82) is 0 Å². The Hall–Kier alpha value is -0.130. The molecule has 0 fully saturated rings. The molecule has 1 rings (SSSR count). The van der Waals surface area contributed by atoms with Crippen LogP contribution in [0.25, 0.3) is 0 Å². The second-order valence-electron chi connectivity index (χ2n) is 2.25. The third-order valence-corrected chi connectivity index (χ3v) is 2.48. The number of halogens is 1. The van der Waals surface area contributed by atoms with Gasteiger partial charge in [-0.1, -0.05) is 0 Å². The molecule has 0 saturated heterocycles. The Kier molecular flexibility index (Phi) is 2.64. The Balaban J connectivity index is 2.78. The van der Waals surface area contributed by atoms with Crippen molar-refractivity contribution in [2.24, 2.45) is 0 Å². The number of nitrogens with zero attached hydrogens (tertiary/aromatic N) is 2. The van der Waals surface area contributed by atoms with Crippen molar-refractivity contribution in [2.45, 2.75) is 19.8 Å². The Labute approximate surface area is 70.5 Å². The Bertz CT molecular complexity index is 209. The van der Waals surface area contributed by atoms with Crippen LogP contribution in [0.1, 0.15) is 25.7 Å². The van der Waals surface area contributed by atoms with E-state index in [1.165, 1.54) is 0 Å². The van der Waals surface area contributed by atoms with Crippen molar-refractivity contribution < 1.29 is 25.7 Å². The fourth-order valence-corrected chi connectivity index (χ4v) is 1.30. The molecule has 1 aromatic rings. The van der Waals surface area contributed by atoms with Crippen LogP contribution in [0.15, 0.2) is 4.52 Å². The van der Waals surface area contributed by atoms with Gasteiger partial charge in [-0.15, -0.1) is 0 Å². The normalized spacial score (nSPS) is 11.2. The van der Waals surface area contributed by atoms with Crippen molar-refractivity contribution >= 4 is 0 Å². The molecule has 0 aromatic carbocycles. The molecule has 3 nitrogen and oxygen atoms in total. The molecule has 0 aliphatic carbocycles. The van der Waals surface area contributed by atoms with Gasteiger partial charge < -0.3 is 0 Å². The molecule has 0 saturated carbocycles. The first-order valence-electron chi connectivity index (χ1n) is 3.07. The van der Waals surface area contributed by atoms with E-state index in [-0.39, 0.29) is 21.2 Å². The SMILES string of the molecule is C[I-]c1noc(C(C)C)n1. The van der Waals surface area contributed by atoms with Crippen molar-refractivity contribution in [3.8, 4) is 0 Å². The Morgan fingerprint density at radius 1 is 1.50 bits per heavy atom. The zero-order valence-electron chi connectivity index (χ0n) is 6.26. The van der Waals surface area contributed by atoms with Crippen molar-refractivity contribution in [2.75, 3.05) is 4.93 Å². The molecular formula is C6H10IN2O-. The average Bonchev–Trinajstić information content (AvgIpc) is 2.34. The van der Waals surface area contributed by atoms with Crippen LogP contribution in [-0.4, -0.2) is 15.1 Å². The first-order chi connectivity index (χ1) is 4.74. The molecule has 0 amide bonds. The van der Waals surface area contributed by atoms with E-state index in [1.807, 2.05) is 13.8 Å². The molecule has 0 unspecified atom stereocenters. The molecule has 0 atom stereocenters. The maximum atomic E-state index is 4.98. The summed E-state index contributed by atoms with van der Waals surface area (Å²) in [6, 6.07) is 0. The van der Waals surface area contributed by atoms with Gasteiger partial charge in [0.05, 0.1) is 0 Å². The maximum absolute atomic E-state index is 4.98. The second kappa shape index (κ2) is 3.32. The summed E-state index contributed by atoms with van der Waals surface area (Å²) in [7, 11) is 0. The third-order valence-electron chi connectivity index (χ3n) is 1.08. The first-order valence-corrected chi connectivity index (χ1v) is 6.30. The standard InChI is InChI=1S/C6H10IN2O/c1-4(2)5-8-6(7-3)9-10-5/h4H,1-3H3/q-1. The average molecular weight is 253 g/mol. The van der Waals surface area contributed by atoms with Crippen LogP contribution >= 0.6 is 0 Å². The summed E-state index contributed by atoms with van der Waals surface area (Å²) < 4.78 is 5.89. The van der Waals surface area contributed by atoms with Crippen LogP contribution in [0.3, 0.4) is 0 Å². The van der Waals surface area contributed by atoms with E-state index < -0.39 is 0 Å². The van der Waals surface area contributed by atoms with Crippen molar-refractivity contribution in [1.82, 2.24) is 10.1 Å². The van der Waals surface area contributed by atoms with Crippen LogP contribution in [0.4, 0.5) is 0 Å². The minimum absolute atomic E-state index is 0.0113.